The number of amides is 4. The zero-order valence-electron chi connectivity index (χ0n) is 16.8. The molecule has 29 heavy (non-hydrogen) atoms. The normalized spacial score (nSPS) is 19.1. The van der Waals surface area contributed by atoms with Gasteiger partial charge in [0.2, 0.25) is 5.91 Å². The lowest BCUT2D eigenvalue weighted by Gasteiger charge is -2.33. The smallest absolute Gasteiger partial charge is 0.322 e. The van der Waals surface area contributed by atoms with Crippen molar-refractivity contribution in [2.45, 2.75) is 32.9 Å². The summed E-state index contributed by atoms with van der Waals surface area (Å²) >= 11 is 12.4. The van der Waals surface area contributed by atoms with Crippen LogP contribution in [0.3, 0.4) is 0 Å². The molecule has 1 aromatic rings. The first-order chi connectivity index (χ1) is 13.6. The van der Waals surface area contributed by atoms with Gasteiger partial charge in [-0.2, -0.15) is 0 Å². The molecular formula is C20H24Cl2N4O3. The monoisotopic (exact) mass is 438 g/mol. The number of rotatable bonds is 5. The molecule has 0 aliphatic carbocycles. The van der Waals surface area contributed by atoms with E-state index in [0.717, 1.165) is 0 Å². The Bertz CT molecular complexity index is 900. The summed E-state index contributed by atoms with van der Waals surface area (Å²) in [6.07, 6.45) is 0. The van der Waals surface area contributed by atoms with Gasteiger partial charge in [0.15, 0.2) is 0 Å². The summed E-state index contributed by atoms with van der Waals surface area (Å²) < 4.78 is 0. The highest BCUT2D eigenvalue weighted by atomic mass is 35.5. The molecule has 2 heterocycles. The van der Waals surface area contributed by atoms with Gasteiger partial charge in [0.05, 0.1) is 23.9 Å². The predicted molar refractivity (Wildman–Crippen MR) is 112 cm³/mol. The molecule has 0 bridgehead atoms. The van der Waals surface area contributed by atoms with Crippen LogP contribution in [0.5, 0.6) is 0 Å². The second-order valence-electron chi connectivity index (χ2n) is 7.41. The van der Waals surface area contributed by atoms with E-state index in [-0.39, 0.29) is 37.0 Å². The Morgan fingerprint density at radius 3 is 2.59 bits per heavy atom. The maximum Gasteiger partial charge on any atom is 0.322 e. The molecule has 0 saturated carbocycles. The third-order valence-corrected chi connectivity index (χ3v) is 5.94. The highest BCUT2D eigenvalue weighted by Crippen LogP contribution is 2.39. The number of benzene rings is 1. The third-order valence-electron chi connectivity index (χ3n) is 5.38. The van der Waals surface area contributed by atoms with Crippen LogP contribution < -0.4 is 5.32 Å². The minimum atomic E-state index is -0.694. The van der Waals surface area contributed by atoms with E-state index in [9.17, 15) is 14.4 Å². The summed E-state index contributed by atoms with van der Waals surface area (Å²) in [6.45, 7) is 6.22. The van der Waals surface area contributed by atoms with Crippen LogP contribution in [0.1, 0.15) is 32.4 Å². The molecule has 0 spiro atoms. The zero-order chi connectivity index (χ0) is 21.5. The summed E-state index contributed by atoms with van der Waals surface area (Å²) in [6, 6.07) is 3.98. The van der Waals surface area contributed by atoms with Crippen molar-refractivity contribution >= 4 is 41.0 Å². The van der Waals surface area contributed by atoms with Crippen LogP contribution in [-0.2, 0) is 9.59 Å². The van der Waals surface area contributed by atoms with Gasteiger partial charge in [0.25, 0.3) is 5.91 Å². The maximum atomic E-state index is 13.2. The molecule has 0 fully saturated rings. The van der Waals surface area contributed by atoms with Gasteiger partial charge in [-0.1, -0.05) is 29.3 Å². The van der Waals surface area contributed by atoms with E-state index in [1.165, 1.54) is 9.80 Å². The number of halogens is 2. The topological polar surface area (TPSA) is 73.0 Å². The van der Waals surface area contributed by atoms with Gasteiger partial charge in [-0.15, -0.1) is 0 Å². The Kier molecular flexibility index (Phi) is 6.10. The standard InChI is InChI=1S/C20H24Cl2N4O3/c1-5-26-15-9-25(10-16(27)24(4)11(2)3)19(28)17(15)18(23-20(26)29)13-7-6-12(21)8-14(13)22/h6-8,11,18H,5,9-10H2,1-4H3,(H,23,29). The van der Waals surface area contributed by atoms with Crippen LogP contribution in [0.4, 0.5) is 4.79 Å². The summed E-state index contributed by atoms with van der Waals surface area (Å²) in [4.78, 5) is 43.1. The first-order valence-corrected chi connectivity index (χ1v) is 10.2. The highest BCUT2D eigenvalue weighted by Gasteiger charge is 2.44. The van der Waals surface area contributed by atoms with Crippen molar-refractivity contribution in [3.05, 3.63) is 45.1 Å². The first-order valence-electron chi connectivity index (χ1n) is 9.46. The number of hydrogen-bond acceptors (Lipinski definition) is 3. The third kappa shape index (κ3) is 3.94. The average Bonchev–Trinajstić information content (AvgIpc) is 2.96. The summed E-state index contributed by atoms with van der Waals surface area (Å²) in [5, 5.41) is 3.70. The van der Waals surface area contributed by atoms with Gasteiger partial charge in [0.1, 0.15) is 6.54 Å². The molecule has 156 valence electrons. The molecule has 0 radical (unpaired) electrons. The molecule has 4 amide bonds. The van der Waals surface area contributed by atoms with E-state index in [2.05, 4.69) is 5.32 Å². The van der Waals surface area contributed by atoms with Crippen molar-refractivity contribution in [3.63, 3.8) is 0 Å². The number of likely N-dealkylation sites (N-methyl/N-ethyl adjacent to an activating group) is 2. The van der Waals surface area contributed by atoms with Gasteiger partial charge in [-0.25, -0.2) is 4.79 Å². The quantitative estimate of drug-likeness (QED) is 0.767. The van der Waals surface area contributed by atoms with Crippen LogP contribution in [-0.4, -0.2) is 65.3 Å². The highest BCUT2D eigenvalue weighted by molar-refractivity contribution is 6.35. The molecule has 3 rings (SSSR count). The Labute approximate surface area is 180 Å². The molecule has 9 heteroatoms. The second-order valence-corrected chi connectivity index (χ2v) is 8.26. The lowest BCUT2D eigenvalue weighted by atomic mass is 9.95. The van der Waals surface area contributed by atoms with E-state index in [0.29, 0.717) is 33.4 Å². The van der Waals surface area contributed by atoms with Crippen LogP contribution in [0.2, 0.25) is 10.0 Å². The van der Waals surface area contributed by atoms with Crippen LogP contribution in [0.15, 0.2) is 29.5 Å². The molecule has 1 unspecified atom stereocenters. The number of carbonyl (C=O) groups is 3. The van der Waals surface area contributed by atoms with Gasteiger partial charge in [-0.05, 0) is 38.5 Å². The second kappa shape index (κ2) is 8.24. The Balaban J connectivity index is 1.96. The van der Waals surface area contributed by atoms with Crippen molar-refractivity contribution in [1.82, 2.24) is 20.0 Å². The molecular weight excluding hydrogens is 415 g/mol. The molecule has 1 aromatic carbocycles. The van der Waals surface area contributed by atoms with Crippen molar-refractivity contribution in [2.24, 2.45) is 0 Å². The van der Waals surface area contributed by atoms with Gasteiger partial charge >= 0.3 is 6.03 Å². The lowest BCUT2D eigenvalue weighted by molar-refractivity contribution is -0.137. The maximum absolute atomic E-state index is 13.2. The molecule has 0 aromatic heterocycles. The van der Waals surface area contributed by atoms with Crippen LogP contribution in [0.25, 0.3) is 0 Å². The Morgan fingerprint density at radius 2 is 2.00 bits per heavy atom. The van der Waals surface area contributed by atoms with Gasteiger partial charge in [-0.3, -0.25) is 14.5 Å². The van der Waals surface area contributed by atoms with E-state index >= 15 is 0 Å². The van der Waals surface area contributed by atoms with E-state index < -0.39 is 6.04 Å². The summed E-state index contributed by atoms with van der Waals surface area (Å²) in [7, 11) is 1.71. The number of urea groups is 1. The summed E-state index contributed by atoms with van der Waals surface area (Å²) in [5.74, 6) is -0.434. The largest absolute Gasteiger partial charge is 0.342 e. The molecule has 2 aliphatic heterocycles. The summed E-state index contributed by atoms with van der Waals surface area (Å²) in [5.41, 5.74) is 1.64. The minimum Gasteiger partial charge on any atom is -0.342 e. The zero-order valence-corrected chi connectivity index (χ0v) is 18.3. The fraction of sp³-hybridized carbons (Fsp3) is 0.450. The number of carbonyl (C=O) groups excluding carboxylic acids is 3. The molecule has 0 saturated heterocycles. The van der Waals surface area contributed by atoms with Gasteiger partial charge < -0.3 is 15.1 Å². The first kappa shape index (κ1) is 21.5. The fourth-order valence-electron chi connectivity index (χ4n) is 3.54. The van der Waals surface area contributed by atoms with Crippen LogP contribution in [0, 0.1) is 0 Å². The lowest BCUT2D eigenvalue weighted by Crippen LogP contribution is -2.47. The number of hydrogen-bond donors (Lipinski definition) is 1. The molecule has 1 atom stereocenters. The van der Waals surface area contributed by atoms with Gasteiger partial charge in [0, 0.05) is 29.7 Å². The molecule has 7 nitrogen and oxygen atoms in total. The van der Waals surface area contributed by atoms with E-state index in [1.54, 1.807) is 30.1 Å². The van der Waals surface area contributed by atoms with Crippen molar-refractivity contribution in [3.8, 4) is 0 Å². The van der Waals surface area contributed by atoms with E-state index in [1.807, 2.05) is 20.8 Å². The molecule has 1 N–H and O–H groups in total. The predicted octanol–water partition coefficient (Wildman–Crippen LogP) is 3.04. The van der Waals surface area contributed by atoms with Crippen molar-refractivity contribution in [2.75, 3.05) is 26.7 Å². The Morgan fingerprint density at radius 1 is 1.31 bits per heavy atom. The minimum absolute atomic E-state index is 0.0267. The number of nitrogens with one attached hydrogen (secondary N) is 1. The Hall–Kier alpha value is -2.25. The van der Waals surface area contributed by atoms with Crippen molar-refractivity contribution < 1.29 is 14.4 Å². The van der Waals surface area contributed by atoms with Crippen LogP contribution >= 0.6 is 23.2 Å². The number of nitrogens with zero attached hydrogens (tertiary/aromatic N) is 3. The molecule has 2 aliphatic rings. The average molecular weight is 439 g/mol. The SMILES string of the molecule is CCN1C(=O)NC(c2ccc(Cl)cc2Cl)C2=C1CN(CC(=O)N(C)C(C)C)C2=O. The van der Waals surface area contributed by atoms with Crippen molar-refractivity contribution in [1.29, 1.82) is 0 Å². The van der Waals surface area contributed by atoms with E-state index in [4.69, 9.17) is 23.2 Å². The fourth-order valence-corrected chi connectivity index (χ4v) is 4.06.